The standard InChI is InChI=1S/C32H26F2N4O2/c1-19-3-4-22(30(39)36-32(14-15-32)23-7-11-25(34)12-8-23)17-26(19)21-13-16-38-27(18-21)28(31(40)35-2)29(37-38)20-5-9-24(33)10-6-20/h3-13,16-18H,14-15H2,1-2H3,(H,35,40)(H,36,39). The number of hydrogen-bond acceptors (Lipinski definition) is 3. The van der Waals surface area contributed by atoms with Crippen LogP contribution >= 0.6 is 0 Å². The second-order valence-electron chi connectivity index (χ2n) is 10.1. The van der Waals surface area contributed by atoms with Crippen molar-refractivity contribution in [2.24, 2.45) is 0 Å². The highest BCUT2D eigenvalue weighted by Gasteiger charge is 2.45. The number of benzene rings is 3. The van der Waals surface area contributed by atoms with Crippen LogP contribution in [0.25, 0.3) is 27.9 Å². The Hall–Kier alpha value is -4.85. The lowest BCUT2D eigenvalue weighted by molar-refractivity contribution is 0.0929. The molecule has 1 aliphatic carbocycles. The zero-order valence-corrected chi connectivity index (χ0v) is 22.0. The highest BCUT2D eigenvalue weighted by molar-refractivity contribution is 6.07. The minimum absolute atomic E-state index is 0.210. The van der Waals surface area contributed by atoms with Gasteiger partial charge in [0.05, 0.1) is 16.6 Å². The molecule has 2 amide bonds. The third kappa shape index (κ3) is 4.51. The van der Waals surface area contributed by atoms with Crippen molar-refractivity contribution in [3.05, 3.63) is 119 Å². The summed E-state index contributed by atoms with van der Waals surface area (Å²) >= 11 is 0. The van der Waals surface area contributed by atoms with E-state index in [-0.39, 0.29) is 23.4 Å². The van der Waals surface area contributed by atoms with E-state index in [9.17, 15) is 18.4 Å². The minimum atomic E-state index is -0.481. The number of nitrogens with zero attached hydrogens (tertiary/aromatic N) is 2. The average molecular weight is 537 g/mol. The lowest BCUT2D eigenvalue weighted by atomic mass is 9.97. The summed E-state index contributed by atoms with van der Waals surface area (Å²) in [5.74, 6) is -1.21. The maximum atomic E-state index is 13.5. The predicted octanol–water partition coefficient (Wildman–Crippen LogP) is 6.03. The van der Waals surface area contributed by atoms with Crippen molar-refractivity contribution in [2.45, 2.75) is 25.3 Å². The SMILES string of the molecule is CNC(=O)c1c(-c2ccc(F)cc2)nn2ccc(-c3cc(C(=O)NC4(c5ccc(F)cc5)CC4)ccc3C)cc12. The number of fused-ring (bicyclic) bond motifs is 1. The summed E-state index contributed by atoms with van der Waals surface area (Å²) in [7, 11) is 1.55. The highest BCUT2D eigenvalue weighted by atomic mass is 19.1. The Bertz CT molecular complexity index is 1770. The molecule has 6 rings (SSSR count). The first-order chi connectivity index (χ1) is 19.3. The smallest absolute Gasteiger partial charge is 0.255 e. The van der Waals surface area contributed by atoms with Crippen LogP contribution in [-0.2, 0) is 5.54 Å². The molecule has 5 aromatic rings. The molecule has 8 heteroatoms. The van der Waals surface area contributed by atoms with Gasteiger partial charge in [-0.05, 0) is 103 Å². The molecule has 0 aliphatic heterocycles. The summed E-state index contributed by atoms with van der Waals surface area (Å²) in [6.45, 7) is 1.96. The Morgan fingerprint density at radius 1 is 0.850 bits per heavy atom. The van der Waals surface area contributed by atoms with E-state index >= 15 is 0 Å². The van der Waals surface area contributed by atoms with Crippen LogP contribution in [0.5, 0.6) is 0 Å². The molecule has 2 N–H and O–H groups in total. The van der Waals surface area contributed by atoms with E-state index in [1.165, 1.54) is 24.3 Å². The van der Waals surface area contributed by atoms with Crippen LogP contribution in [0.3, 0.4) is 0 Å². The maximum absolute atomic E-state index is 13.5. The number of rotatable bonds is 6. The first-order valence-electron chi connectivity index (χ1n) is 13.0. The van der Waals surface area contributed by atoms with Gasteiger partial charge in [-0.2, -0.15) is 5.10 Å². The molecule has 200 valence electrons. The number of halogens is 2. The third-order valence-corrected chi connectivity index (χ3v) is 7.52. The second kappa shape index (κ2) is 9.72. The van der Waals surface area contributed by atoms with E-state index in [0.717, 1.165) is 35.1 Å². The Morgan fingerprint density at radius 3 is 2.17 bits per heavy atom. The van der Waals surface area contributed by atoms with Gasteiger partial charge >= 0.3 is 0 Å². The van der Waals surface area contributed by atoms with Gasteiger partial charge in [0.1, 0.15) is 17.3 Å². The van der Waals surface area contributed by atoms with Gasteiger partial charge in [0.15, 0.2) is 0 Å². The van der Waals surface area contributed by atoms with Crippen LogP contribution in [0.1, 0.15) is 44.7 Å². The Morgan fingerprint density at radius 2 is 1.52 bits per heavy atom. The molecule has 3 aromatic carbocycles. The van der Waals surface area contributed by atoms with Crippen LogP contribution in [0.2, 0.25) is 0 Å². The van der Waals surface area contributed by atoms with Gasteiger partial charge in [0.2, 0.25) is 0 Å². The zero-order valence-electron chi connectivity index (χ0n) is 22.0. The van der Waals surface area contributed by atoms with Gasteiger partial charge in [-0.1, -0.05) is 18.2 Å². The molecule has 0 spiro atoms. The van der Waals surface area contributed by atoms with Gasteiger partial charge in [-0.25, -0.2) is 13.3 Å². The Kier molecular flexibility index (Phi) is 6.18. The molecule has 0 saturated heterocycles. The maximum Gasteiger partial charge on any atom is 0.255 e. The first-order valence-corrected chi connectivity index (χ1v) is 13.0. The number of carbonyl (C=O) groups is 2. The predicted molar refractivity (Wildman–Crippen MR) is 149 cm³/mol. The third-order valence-electron chi connectivity index (χ3n) is 7.52. The summed E-state index contributed by atoms with van der Waals surface area (Å²) in [5.41, 5.74) is 5.54. The fraction of sp³-hybridized carbons (Fsp3) is 0.156. The molecule has 0 atom stereocenters. The normalized spacial score (nSPS) is 13.7. The summed E-state index contributed by atoms with van der Waals surface area (Å²) in [5, 5.41) is 10.4. The molecule has 2 aromatic heterocycles. The molecule has 1 saturated carbocycles. The molecule has 0 radical (unpaired) electrons. The van der Waals surface area contributed by atoms with Crippen LogP contribution in [0.15, 0.2) is 85.1 Å². The van der Waals surface area contributed by atoms with Gasteiger partial charge in [0, 0.05) is 24.4 Å². The van der Waals surface area contributed by atoms with Crippen LogP contribution in [0.4, 0.5) is 8.78 Å². The number of carbonyl (C=O) groups excluding carboxylic acids is 2. The molecule has 6 nitrogen and oxygen atoms in total. The fourth-order valence-corrected chi connectivity index (χ4v) is 5.12. The number of amides is 2. The molecule has 0 bridgehead atoms. The van der Waals surface area contributed by atoms with Crippen molar-refractivity contribution in [1.29, 1.82) is 0 Å². The van der Waals surface area contributed by atoms with Crippen LogP contribution in [-0.4, -0.2) is 28.5 Å². The van der Waals surface area contributed by atoms with Crippen molar-refractivity contribution in [3.63, 3.8) is 0 Å². The quantitative estimate of drug-likeness (QED) is 0.278. The molecule has 2 heterocycles. The first kappa shape index (κ1) is 25.4. The summed E-state index contributed by atoms with van der Waals surface area (Å²) in [6.07, 6.45) is 3.35. The summed E-state index contributed by atoms with van der Waals surface area (Å²) < 4.78 is 28.6. The molecule has 0 unspecified atom stereocenters. The molecular weight excluding hydrogens is 510 g/mol. The monoisotopic (exact) mass is 536 g/mol. The Balaban J connectivity index is 1.37. The average Bonchev–Trinajstić information content (AvgIpc) is 3.64. The van der Waals surface area contributed by atoms with Gasteiger partial charge < -0.3 is 10.6 Å². The second-order valence-corrected chi connectivity index (χ2v) is 10.1. The van der Waals surface area contributed by atoms with Gasteiger partial charge in [0.25, 0.3) is 11.8 Å². The lowest BCUT2D eigenvalue weighted by Gasteiger charge is -2.19. The molecule has 40 heavy (non-hydrogen) atoms. The topological polar surface area (TPSA) is 75.5 Å². The van der Waals surface area contributed by atoms with Gasteiger partial charge in [-0.3, -0.25) is 9.59 Å². The largest absolute Gasteiger partial charge is 0.355 e. The van der Waals surface area contributed by atoms with Crippen LogP contribution in [0, 0.1) is 18.6 Å². The number of aromatic nitrogens is 2. The number of aryl methyl sites for hydroxylation is 1. The van der Waals surface area contributed by atoms with E-state index < -0.39 is 5.54 Å². The number of pyridine rings is 1. The molecule has 1 fully saturated rings. The number of hydrogen-bond donors (Lipinski definition) is 2. The zero-order chi connectivity index (χ0) is 28.0. The minimum Gasteiger partial charge on any atom is -0.355 e. The van der Waals surface area contributed by atoms with Crippen molar-refractivity contribution in [3.8, 4) is 22.4 Å². The number of nitrogens with one attached hydrogen (secondary N) is 2. The van der Waals surface area contributed by atoms with Gasteiger partial charge in [-0.15, -0.1) is 0 Å². The fourth-order valence-electron chi connectivity index (χ4n) is 5.12. The molecule has 1 aliphatic rings. The van der Waals surface area contributed by atoms with Crippen molar-refractivity contribution >= 4 is 17.3 Å². The highest BCUT2D eigenvalue weighted by Crippen LogP contribution is 2.45. The molecular formula is C32H26F2N4O2. The summed E-state index contributed by atoms with van der Waals surface area (Å²) in [6, 6.07) is 21.4. The van der Waals surface area contributed by atoms with E-state index in [1.807, 2.05) is 31.2 Å². The lowest BCUT2D eigenvalue weighted by Crippen LogP contribution is -2.34. The van der Waals surface area contributed by atoms with E-state index in [0.29, 0.717) is 27.9 Å². The van der Waals surface area contributed by atoms with Crippen LogP contribution < -0.4 is 10.6 Å². The van der Waals surface area contributed by atoms with Crippen molar-refractivity contribution in [1.82, 2.24) is 20.2 Å². The Labute approximate surface area is 229 Å². The van der Waals surface area contributed by atoms with Crippen molar-refractivity contribution in [2.75, 3.05) is 7.05 Å². The van der Waals surface area contributed by atoms with Crippen molar-refractivity contribution < 1.29 is 18.4 Å². The van der Waals surface area contributed by atoms with E-state index in [1.54, 1.807) is 48.1 Å². The van der Waals surface area contributed by atoms with E-state index in [2.05, 4.69) is 15.7 Å². The van der Waals surface area contributed by atoms with E-state index in [4.69, 9.17) is 0 Å². The summed E-state index contributed by atoms with van der Waals surface area (Å²) in [4.78, 5) is 26.3.